The third kappa shape index (κ3) is 4.98. The fraction of sp³-hybridized carbons (Fsp3) is 0.462. The van der Waals surface area contributed by atoms with Gasteiger partial charge in [-0.3, -0.25) is 4.79 Å². The number of rotatable bonds is 4. The first-order valence-corrected chi connectivity index (χ1v) is 7.36. The average Bonchev–Trinajstić information content (AvgIpc) is 2.13. The predicted molar refractivity (Wildman–Crippen MR) is 72.2 cm³/mol. The molecule has 0 amide bonds. The maximum Gasteiger partial charge on any atom is 0.219 e. The maximum atomic E-state index is 11.8. The lowest BCUT2D eigenvalue weighted by molar-refractivity contribution is 0.102. The largest absolute Gasteiger partial charge is 0.293 e. The van der Waals surface area contributed by atoms with E-state index in [4.69, 9.17) is 0 Å². The van der Waals surface area contributed by atoms with Crippen molar-refractivity contribution in [1.29, 1.82) is 0 Å². The molecule has 1 rings (SSSR count). The Labute approximate surface area is 108 Å². The van der Waals surface area contributed by atoms with Gasteiger partial charge in [0.2, 0.25) is 10.0 Å². The Balaban J connectivity index is 2.79. The summed E-state index contributed by atoms with van der Waals surface area (Å²) in [6, 6.07) is 6.86. The molecule has 18 heavy (non-hydrogen) atoms. The van der Waals surface area contributed by atoms with Crippen molar-refractivity contribution in [3.05, 3.63) is 35.4 Å². The number of aryl methyl sites for hydroxylation is 1. The lowest BCUT2D eigenvalue weighted by Crippen LogP contribution is -2.43. The van der Waals surface area contributed by atoms with Crippen molar-refractivity contribution in [3.8, 4) is 0 Å². The molecule has 0 saturated heterocycles. The van der Waals surface area contributed by atoms with Crippen LogP contribution in [0.5, 0.6) is 0 Å². The number of hydrogen-bond donors (Lipinski definition) is 1. The minimum Gasteiger partial charge on any atom is -0.293 e. The molecule has 4 nitrogen and oxygen atoms in total. The van der Waals surface area contributed by atoms with Gasteiger partial charge < -0.3 is 0 Å². The summed E-state index contributed by atoms with van der Waals surface area (Å²) in [6.45, 7) is 7.12. The smallest absolute Gasteiger partial charge is 0.219 e. The number of carbonyl (C=O) groups is 1. The standard InChI is InChI=1S/C13H19NO3S/c1-10-5-7-11(8-6-10)12(15)9-18(16,17)14-13(2,3)4/h5-8,14H,9H2,1-4H3. The van der Waals surface area contributed by atoms with Crippen molar-refractivity contribution >= 4 is 15.8 Å². The van der Waals surface area contributed by atoms with Gasteiger partial charge in [-0.05, 0) is 27.7 Å². The van der Waals surface area contributed by atoms with E-state index in [1.807, 2.05) is 6.92 Å². The molecule has 100 valence electrons. The number of nitrogens with one attached hydrogen (secondary N) is 1. The third-order valence-electron chi connectivity index (χ3n) is 2.16. The molecule has 0 heterocycles. The van der Waals surface area contributed by atoms with Gasteiger partial charge in [0, 0.05) is 11.1 Å². The van der Waals surface area contributed by atoms with E-state index in [9.17, 15) is 13.2 Å². The molecule has 1 N–H and O–H groups in total. The van der Waals surface area contributed by atoms with Crippen LogP contribution in [0.25, 0.3) is 0 Å². The fourth-order valence-corrected chi connectivity index (χ4v) is 3.01. The molecule has 0 aliphatic carbocycles. The van der Waals surface area contributed by atoms with Crippen molar-refractivity contribution < 1.29 is 13.2 Å². The molecule has 0 atom stereocenters. The van der Waals surface area contributed by atoms with Crippen molar-refractivity contribution in [2.24, 2.45) is 0 Å². The summed E-state index contributed by atoms with van der Waals surface area (Å²) in [5.74, 6) is -0.917. The molecule has 0 radical (unpaired) electrons. The van der Waals surface area contributed by atoms with Crippen LogP contribution in [-0.2, 0) is 10.0 Å². The molecule has 1 aromatic carbocycles. The summed E-state index contributed by atoms with van der Waals surface area (Å²) in [7, 11) is -3.60. The summed E-state index contributed by atoms with van der Waals surface area (Å²) in [5, 5.41) is 0. The topological polar surface area (TPSA) is 63.2 Å². The molecule has 0 bridgehead atoms. The Bertz CT molecular complexity index is 524. The van der Waals surface area contributed by atoms with Gasteiger partial charge in [-0.25, -0.2) is 13.1 Å². The Kier molecular flexibility index (Phi) is 4.29. The average molecular weight is 269 g/mol. The van der Waals surface area contributed by atoms with Crippen LogP contribution in [0.1, 0.15) is 36.7 Å². The van der Waals surface area contributed by atoms with E-state index >= 15 is 0 Å². The van der Waals surface area contributed by atoms with Crippen molar-refractivity contribution in [3.63, 3.8) is 0 Å². The number of hydrogen-bond acceptors (Lipinski definition) is 3. The highest BCUT2D eigenvalue weighted by Crippen LogP contribution is 2.07. The SMILES string of the molecule is Cc1ccc(C(=O)CS(=O)(=O)NC(C)(C)C)cc1. The van der Waals surface area contributed by atoms with E-state index in [1.54, 1.807) is 45.0 Å². The van der Waals surface area contributed by atoms with E-state index in [2.05, 4.69) is 4.72 Å². The van der Waals surface area contributed by atoms with E-state index in [-0.39, 0.29) is 0 Å². The molecule has 0 saturated carbocycles. The Morgan fingerprint density at radius 3 is 2.11 bits per heavy atom. The molecule has 1 aromatic rings. The van der Waals surface area contributed by atoms with Crippen LogP contribution < -0.4 is 4.72 Å². The summed E-state index contributed by atoms with van der Waals surface area (Å²) in [5.41, 5.74) is 0.869. The summed E-state index contributed by atoms with van der Waals surface area (Å²) in [4.78, 5) is 11.8. The first kappa shape index (κ1) is 14.9. The van der Waals surface area contributed by atoms with Gasteiger partial charge in [0.15, 0.2) is 5.78 Å². The van der Waals surface area contributed by atoms with E-state index in [0.29, 0.717) is 5.56 Å². The first-order valence-electron chi connectivity index (χ1n) is 5.71. The van der Waals surface area contributed by atoms with Crippen molar-refractivity contribution in [2.45, 2.75) is 33.2 Å². The summed E-state index contributed by atoms with van der Waals surface area (Å²) in [6.07, 6.45) is 0. The normalized spacial score (nSPS) is 12.4. The Morgan fingerprint density at radius 2 is 1.67 bits per heavy atom. The molecular weight excluding hydrogens is 250 g/mol. The van der Waals surface area contributed by atoms with Crippen LogP contribution in [0.15, 0.2) is 24.3 Å². The van der Waals surface area contributed by atoms with Gasteiger partial charge >= 0.3 is 0 Å². The first-order chi connectivity index (χ1) is 8.09. The molecule has 5 heteroatoms. The Morgan fingerprint density at radius 1 is 1.17 bits per heavy atom. The maximum absolute atomic E-state index is 11.8. The highest BCUT2D eigenvalue weighted by Gasteiger charge is 2.23. The Hall–Kier alpha value is -1.20. The number of Topliss-reactive ketones (excluding diaryl/α,β-unsaturated/α-hetero) is 1. The van der Waals surface area contributed by atoms with E-state index < -0.39 is 27.1 Å². The minimum absolute atomic E-state index is 0.397. The minimum atomic E-state index is -3.60. The van der Waals surface area contributed by atoms with Crippen molar-refractivity contribution in [1.82, 2.24) is 4.72 Å². The van der Waals surface area contributed by atoms with Gasteiger partial charge in [-0.15, -0.1) is 0 Å². The number of ketones is 1. The monoisotopic (exact) mass is 269 g/mol. The number of benzene rings is 1. The number of carbonyl (C=O) groups excluding carboxylic acids is 1. The zero-order valence-electron chi connectivity index (χ0n) is 11.1. The van der Waals surface area contributed by atoms with Crippen LogP contribution in [-0.4, -0.2) is 25.5 Å². The predicted octanol–water partition coefficient (Wildman–Crippen LogP) is 1.90. The van der Waals surface area contributed by atoms with Crippen LogP contribution in [0.4, 0.5) is 0 Å². The van der Waals surface area contributed by atoms with Crippen LogP contribution in [0.2, 0.25) is 0 Å². The second kappa shape index (κ2) is 5.20. The van der Waals surface area contributed by atoms with Gasteiger partial charge in [0.1, 0.15) is 5.75 Å². The third-order valence-corrected chi connectivity index (χ3v) is 3.72. The molecule has 0 spiro atoms. The summed E-state index contributed by atoms with van der Waals surface area (Å²) < 4.78 is 26.0. The fourth-order valence-electron chi connectivity index (χ4n) is 1.50. The zero-order valence-corrected chi connectivity index (χ0v) is 12.0. The molecule has 0 aliphatic heterocycles. The lowest BCUT2D eigenvalue weighted by Gasteiger charge is -2.19. The van der Waals surface area contributed by atoms with Crippen LogP contribution in [0, 0.1) is 6.92 Å². The molecule has 0 fully saturated rings. The second-order valence-electron chi connectivity index (χ2n) is 5.40. The quantitative estimate of drug-likeness (QED) is 0.849. The van der Waals surface area contributed by atoms with Gasteiger partial charge in [0.05, 0.1) is 0 Å². The van der Waals surface area contributed by atoms with Crippen molar-refractivity contribution in [2.75, 3.05) is 5.75 Å². The van der Waals surface area contributed by atoms with Gasteiger partial charge in [-0.1, -0.05) is 29.8 Å². The molecule has 0 aromatic heterocycles. The second-order valence-corrected chi connectivity index (χ2v) is 7.12. The lowest BCUT2D eigenvalue weighted by atomic mass is 10.1. The molecular formula is C13H19NO3S. The van der Waals surface area contributed by atoms with Crippen LogP contribution >= 0.6 is 0 Å². The molecule has 0 unspecified atom stereocenters. The molecule has 0 aliphatic rings. The summed E-state index contributed by atoms with van der Waals surface area (Å²) >= 11 is 0. The van der Waals surface area contributed by atoms with E-state index in [0.717, 1.165) is 5.56 Å². The number of sulfonamides is 1. The van der Waals surface area contributed by atoms with Gasteiger partial charge in [-0.2, -0.15) is 0 Å². The van der Waals surface area contributed by atoms with Gasteiger partial charge in [0.25, 0.3) is 0 Å². The zero-order chi connectivity index (χ0) is 14.0. The highest BCUT2D eigenvalue weighted by molar-refractivity contribution is 7.90. The van der Waals surface area contributed by atoms with Crippen LogP contribution in [0.3, 0.4) is 0 Å². The van der Waals surface area contributed by atoms with E-state index in [1.165, 1.54) is 0 Å². The highest BCUT2D eigenvalue weighted by atomic mass is 32.2.